The molecule has 1 aliphatic heterocycles. The lowest BCUT2D eigenvalue weighted by Gasteiger charge is -2.23. The lowest BCUT2D eigenvalue weighted by molar-refractivity contribution is -0.123. The van der Waals surface area contributed by atoms with Crippen LogP contribution in [-0.4, -0.2) is 17.8 Å². The van der Waals surface area contributed by atoms with Crippen LogP contribution in [0, 0.1) is 23.7 Å². The molecule has 1 heterocycles. The third kappa shape index (κ3) is 3.26. The Morgan fingerprint density at radius 3 is 2.03 bits per heavy atom. The number of imide groups is 1. The van der Waals surface area contributed by atoms with Crippen molar-refractivity contribution in [1.82, 2.24) is 0 Å². The average molecular weight is 432 g/mol. The van der Waals surface area contributed by atoms with E-state index in [1.54, 1.807) is 24.3 Å². The van der Waals surface area contributed by atoms with Crippen LogP contribution in [0.3, 0.4) is 0 Å². The average Bonchev–Trinajstić information content (AvgIpc) is 3.48. The van der Waals surface area contributed by atoms with Gasteiger partial charge in [-0.1, -0.05) is 32.9 Å². The molecule has 2 aromatic carbocycles. The molecule has 5 nitrogen and oxygen atoms in total. The van der Waals surface area contributed by atoms with Crippen LogP contribution >= 0.6 is 0 Å². The van der Waals surface area contributed by atoms with Gasteiger partial charge in [0.1, 0.15) is 5.75 Å². The first-order valence-corrected chi connectivity index (χ1v) is 11.6. The molecular formula is C27H29NO4. The Morgan fingerprint density at radius 2 is 1.50 bits per heavy atom. The fourth-order valence-electron chi connectivity index (χ4n) is 5.75. The topological polar surface area (TPSA) is 63.7 Å². The van der Waals surface area contributed by atoms with Crippen LogP contribution in [0.15, 0.2) is 48.5 Å². The molecule has 1 saturated heterocycles. The van der Waals surface area contributed by atoms with E-state index in [2.05, 4.69) is 20.8 Å². The maximum atomic E-state index is 13.0. The molecule has 0 radical (unpaired) electrons. The Balaban J connectivity index is 1.28. The third-order valence-electron chi connectivity index (χ3n) is 8.02. The van der Waals surface area contributed by atoms with Gasteiger partial charge < -0.3 is 4.74 Å². The molecular weight excluding hydrogens is 402 g/mol. The van der Waals surface area contributed by atoms with E-state index in [-0.39, 0.29) is 29.1 Å². The summed E-state index contributed by atoms with van der Waals surface area (Å²) >= 11 is 0. The molecule has 2 aliphatic carbocycles. The number of rotatable bonds is 5. The predicted molar refractivity (Wildman–Crippen MR) is 121 cm³/mol. The summed E-state index contributed by atoms with van der Waals surface area (Å²) in [7, 11) is 0. The van der Waals surface area contributed by atoms with E-state index >= 15 is 0 Å². The van der Waals surface area contributed by atoms with Crippen molar-refractivity contribution in [3.05, 3.63) is 59.7 Å². The van der Waals surface area contributed by atoms with Gasteiger partial charge in [-0.15, -0.1) is 0 Å². The van der Waals surface area contributed by atoms with Gasteiger partial charge in [-0.05, 0) is 84.9 Å². The van der Waals surface area contributed by atoms with Gasteiger partial charge in [0.2, 0.25) is 11.8 Å². The molecule has 2 amide bonds. The molecule has 2 bridgehead atoms. The Kier molecular flexibility index (Phi) is 4.95. The molecule has 2 saturated carbocycles. The number of hydrogen-bond acceptors (Lipinski definition) is 4. The maximum Gasteiger partial charge on any atom is 0.343 e. The minimum Gasteiger partial charge on any atom is -0.423 e. The molecule has 32 heavy (non-hydrogen) atoms. The van der Waals surface area contributed by atoms with E-state index in [4.69, 9.17) is 4.74 Å². The number of benzene rings is 2. The van der Waals surface area contributed by atoms with Gasteiger partial charge in [-0.25, -0.2) is 4.79 Å². The van der Waals surface area contributed by atoms with Crippen molar-refractivity contribution in [2.75, 3.05) is 4.90 Å². The number of amides is 2. The minimum atomic E-state index is -0.465. The Morgan fingerprint density at radius 1 is 0.938 bits per heavy atom. The summed E-state index contributed by atoms with van der Waals surface area (Å²) in [6.45, 7) is 6.52. The van der Waals surface area contributed by atoms with Crippen LogP contribution in [0.2, 0.25) is 0 Å². The normalized spacial score (nSPS) is 26.5. The van der Waals surface area contributed by atoms with Crippen molar-refractivity contribution >= 4 is 23.5 Å². The van der Waals surface area contributed by atoms with Crippen LogP contribution < -0.4 is 9.64 Å². The van der Waals surface area contributed by atoms with Crippen LogP contribution in [0.5, 0.6) is 5.75 Å². The summed E-state index contributed by atoms with van der Waals surface area (Å²) in [6, 6.07) is 14.2. The summed E-state index contributed by atoms with van der Waals surface area (Å²) in [5.74, 6) is 0.300. The smallest absolute Gasteiger partial charge is 0.343 e. The lowest BCUT2D eigenvalue weighted by atomic mass is 9.81. The summed E-state index contributed by atoms with van der Waals surface area (Å²) < 4.78 is 5.52. The van der Waals surface area contributed by atoms with E-state index in [1.165, 1.54) is 10.5 Å². The van der Waals surface area contributed by atoms with Gasteiger partial charge in [0.15, 0.2) is 0 Å². The van der Waals surface area contributed by atoms with Crippen LogP contribution in [-0.2, 0) is 15.0 Å². The molecule has 4 atom stereocenters. The SMILES string of the molecule is CCC(C)(C)c1ccc(OC(=O)c2ccc(N3C(=O)[C@@H]4[C@H]5CC[C@@H](C5)[C@H]4C3=O)cc2)cc1. The molecule has 0 N–H and O–H groups in total. The fraction of sp³-hybridized carbons (Fsp3) is 0.444. The number of esters is 1. The first-order valence-electron chi connectivity index (χ1n) is 11.6. The second-order valence-corrected chi connectivity index (χ2v) is 10.1. The highest BCUT2D eigenvalue weighted by atomic mass is 16.5. The maximum absolute atomic E-state index is 13.0. The van der Waals surface area contributed by atoms with Crippen LogP contribution in [0.1, 0.15) is 62.4 Å². The van der Waals surface area contributed by atoms with Gasteiger partial charge in [0.05, 0.1) is 23.1 Å². The number of fused-ring (bicyclic) bond motifs is 5. The highest BCUT2D eigenvalue weighted by Gasteiger charge is 2.61. The Labute approximate surface area is 188 Å². The van der Waals surface area contributed by atoms with Gasteiger partial charge in [-0.3, -0.25) is 14.5 Å². The van der Waals surface area contributed by atoms with Gasteiger partial charge in [-0.2, -0.15) is 0 Å². The largest absolute Gasteiger partial charge is 0.423 e. The zero-order valence-corrected chi connectivity index (χ0v) is 18.8. The van der Waals surface area contributed by atoms with Crippen LogP contribution in [0.4, 0.5) is 5.69 Å². The Hall–Kier alpha value is -2.95. The number of ether oxygens (including phenoxy) is 1. The summed E-state index contributed by atoms with van der Waals surface area (Å²) in [6.07, 6.45) is 4.15. The molecule has 166 valence electrons. The standard InChI is InChI=1S/C27H29NO4/c1-4-27(2,3)19-9-13-21(14-10-19)32-26(31)16-7-11-20(12-8-16)28-24(29)22-17-5-6-18(15-17)23(22)25(28)30/h7-14,17-18,22-23H,4-6,15H2,1-3H3/t17-,18-,22+,23+/m0/s1. The second kappa shape index (κ2) is 7.58. The molecule has 0 aromatic heterocycles. The number of carbonyl (C=O) groups excluding carboxylic acids is 3. The quantitative estimate of drug-likeness (QED) is 0.374. The van der Waals surface area contributed by atoms with Crippen molar-refractivity contribution in [2.45, 2.75) is 51.9 Å². The molecule has 3 aliphatic rings. The predicted octanol–water partition coefficient (Wildman–Crippen LogP) is 5.13. The van der Waals surface area contributed by atoms with E-state index < -0.39 is 5.97 Å². The van der Waals surface area contributed by atoms with Crippen molar-refractivity contribution < 1.29 is 19.1 Å². The van der Waals surface area contributed by atoms with Crippen molar-refractivity contribution in [3.8, 4) is 5.75 Å². The van der Waals surface area contributed by atoms with Gasteiger partial charge in [0.25, 0.3) is 0 Å². The monoisotopic (exact) mass is 431 g/mol. The molecule has 2 aromatic rings. The van der Waals surface area contributed by atoms with Crippen LogP contribution in [0.25, 0.3) is 0 Å². The lowest BCUT2D eigenvalue weighted by Crippen LogP contribution is -2.32. The van der Waals surface area contributed by atoms with E-state index in [1.807, 2.05) is 24.3 Å². The van der Waals surface area contributed by atoms with E-state index in [9.17, 15) is 14.4 Å². The zero-order valence-electron chi connectivity index (χ0n) is 18.8. The van der Waals surface area contributed by atoms with E-state index in [0.717, 1.165) is 25.7 Å². The minimum absolute atomic E-state index is 0.0703. The summed E-state index contributed by atoms with van der Waals surface area (Å²) in [5, 5.41) is 0. The summed E-state index contributed by atoms with van der Waals surface area (Å²) in [5.41, 5.74) is 2.19. The highest BCUT2D eigenvalue weighted by molar-refractivity contribution is 6.22. The molecule has 0 spiro atoms. The highest BCUT2D eigenvalue weighted by Crippen LogP contribution is 2.56. The van der Waals surface area contributed by atoms with E-state index in [0.29, 0.717) is 28.8 Å². The first kappa shape index (κ1) is 20.9. The number of nitrogens with zero attached hydrogens (tertiary/aromatic N) is 1. The van der Waals surface area contributed by atoms with Crippen molar-refractivity contribution in [2.24, 2.45) is 23.7 Å². The number of hydrogen-bond donors (Lipinski definition) is 0. The first-order chi connectivity index (χ1) is 15.3. The van der Waals surface area contributed by atoms with Crippen molar-refractivity contribution in [1.29, 1.82) is 0 Å². The van der Waals surface area contributed by atoms with Gasteiger partial charge >= 0.3 is 5.97 Å². The second-order valence-electron chi connectivity index (χ2n) is 10.1. The number of carbonyl (C=O) groups is 3. The fourth-order valence-corrected chi connectivity index (χ4v) is 5.75. The van der Waals surface area contributed by atoms with Crippen molar-refractivity contribution in [3.63, 3.8) is 0 Å². The van der Waals surface area contributed by atoms with Gasteiger partial charge in [0, 0.05) is 0 Å². The Bertz CT molecular complexity index is 1040. The zero-order chi connectivity index (χ0) is 22.6. The molecule has 5 heteroatoms. The molecule has 3 fully saturated rings. The molecule has 0 unspecified atom stereocenters. The molecule has 5 rings (SSSR count). The number of anilines is 1. The summed E-state index contributed by atoms with van der Waals surface area (Å²) in [4.78, 5) is 39.9. The third-order valence-corrected chi connectivity index (χ3v) is 8.02.